The summed E-state index contributed by atoms with van der Waals surface area (Å²) in [6, 6.07) is -0.375. The third-order valence-corrected chi connectivity index (χ3v) is 2.19. The molecular weight excluding hydrogens is 194 g/mol. The molecule has 0 rings (SSSR count). The number of carbonyl (C=O) groups is 2. The van der Waals surface area contributed by atoms with Crippen molar-refractivity contribution in [2.24, 2.45) is 17.4 Å². The highest BCUT2D eigenvalue weighted by molar-refractivity contribution is 5.79. The molecule has 2 unspecified atom stereocenters. The Hall–Kier alpha value is -1.10. The highest BCUT2D eigenvalue weighted by atomic mass is 16.2. The van der Waals surface area contributed by atoms with E-state index in [0.717, 1.165) is 0 Å². The molecule has 0 saturated heterocycles. The molecule has 0 fully saturated rings. The molecule has 0 bridgehead atoms. The van der Waals surface area contributed by atoms with Crippen molar-refractivity contribution in [3.63, 3.8) is 0 Å². The molecule has 0 saturated carbocycles. The van der Waals surface area contributed by atoms with Crippen LogP contribution in [0.25, 0.3) is 0 Å². The first kappa shape index (κ1) is 13.9. The second-order valence-electron chi connectivity index (χ2n) is 4.25. The van der Waals surface area contributed by atoms with Gasteiger partial charge in [-0.25, -0.2) is 0 Å². The zero-order valence-corrected chi connectivity index (χ0v) is 9.62. The molecule has 0 aliphatic rings. The first-order valence-corrected chi connectivity index (χ1v) is 5.16. The molecule has 2 atom stereocenters. The van der Waals surface area contributed by atoms with Crippen molar-refractivity contribution in [3.8, 4) is 0 Å². The lowest BCUT2D eigenvalue weighted by Gasteiger charge is -2.17. The number of hydrogen-bond acceptors (Lipinski definition) is 3. The van der Waals surface area contributed by atoms with Gasteiger partial charge in [0, 0.05) is 24.9 Å². The van der Waals surface area contributed by atoms with Gasteiger partial charge in [-0.3, -0.25) is 9.59 Å². The van der Waals surface area contributed by atoms with E-state index in [9.17, 15) is 9.59 Å². The Bertz CT molecular complexity index is 229. The van der Waals surface area contributed by atoms with E-state index in [1.54, 1.807) is 6.92 Å². The van der Waals surface area contributed by atoms with E-state index in [2.05, 4.69) is 5.32 Å². The molecule has 0 aromatic carbocycles. The molecule has 0 aromatic rings. The minimum absolute atomic E-state index is 0.134. The SMILES string of the molecule is CC(CC(N)=O)NC(=O)CC(N)C(C)C. The summed E-state index contributed by atoms with van der Waals surface area (Å²) in [7, 11) is 0. The van der Waals surface area contributed by atoms with Crippen molar-refractivity contribution in [3.05, 3.63) is 0 Å². The predicted molar refractivity (Wildman–Crippen MR) is 58.8 cm³/mol. The Balaban J connectivity index is 3.88. The summed E-state index contributed by atoms with van der Waals surface area (Å²) in [6.45, 7) is 5.67. The first-order chi connectivity index (χ1) is 6.82. The Kier molecular flexibility index (Phi) is 5.93. The van der Waals surface area contributed by atoms with Crippen molar-refractivity contribution in [2.75, 3.05) is 0 Å². The van der Waals surface area contributed by atoms with Crippen LogP contribution in [0.1, 0.15) is 33.6 Å². The molecule has 88 valence electrons. The summed E-state index contributed by atoms with van der Waals surface area (Å²) >= 11 is 0. The van der Waals surface area contributed by atoms with E-state index < -0.39 is 5.91 Å². The number of hydrogen-bond donors (Lipinski definition) is 3. The van der Waals surface area contributed by atoms with E-state index in [1.165, 1.54) is 0 Å². The van der Waals surface area contributed by atoms with Crippen LogP contribution in [-0.2, 0) is 9.59 Å². The summed E-state index contributed by atoms with van der Waals surface area (Å²) in [6.07, 6.45) is 0.434. The Morgan fingerprint density at radius 1 is 1.20 bits per heavy atom. The molecule has 15 heavy (non-hydrogen) atoms. The van der Waals surface area contributed by atoms with Gasteiger partial charge in [-0.2, -0.15) is 0 Å². The molecular formula is C10H21N3O2. The van der Waals surface area contributed by atoms with Gasteiger partial charge >= 0.3 is 0 Å². The van der Waals surface area contributed by atoms with Crippen molar-refractivity contribution >= 4 is 11.8 Å². The number of rotatable bonds is 6. The summed E-state index contributed by atoms with van der Waals surface area (Å²) < 4.78 is 0. The van der Waals surface area contributed by atoms with Crippen molar-refractivity contribution in [2.45, 2.75) is 45.7 Å². The molecule has 0 aromatic heterocycles. The molecule has 0 spiro atoms. The summed E-state index contributed by atoms with van der Waals surface area (Å²) in [5.74, 6) is -0.289. The number of amides is 2. The smallest absolute Gasteiger partial charge is 0.221 e. The van der Waals surface area contributed by atoms with Gasteiger partial charge in [0.15, 0.2) is 0 Å². The first-order valence-electron chi connectivity index (χ1n) is 5.16. The van der Waals surface area contributed by atoms with E-state index in [-0.39, 0.29) is 36.8 Å². The maximum Gasteiger partial charge on any atom is 0.221 e. The molecule has 0 radical (unpaired) electrons. The molecule has 2 amide bonds. The normalized spacial score (nSPS) is 14.7. The lowest BCUT2D eigenvalue weighted by molar-refractivity contribution is -0.122. The van der Waals surface area contributed by atoms with Crippen molar-refractivity contribution in [1.82, 2.24) is 5.32 Å². The summed E-state index contributed by atoms with van der Waals surface area (Å²) in [5, 5.41) is 2.68. The van der Waals surface area contributed by atoms with Gasteiger partial charge in [0.2, 0.25) is 11.8 Å². The van der Waals surface area contributed by atoms with Gasteiger partial charge < -0.3 is 16.8 Å². The Morgan fingerprint density at radius 3 is 2.13 bits per heavy atom. The largest absolute Gasteiger partial charge is 0.370 e. The minimum Gasteiger partial charge on any atom is -0.370 e. The third kappa shape index (κ3) is 6.90. The van der Waals surface area contributed by atoms with E-state index in [1.807, 2.05) is 13.8 Å². The number of carbonyl (C=O) groups excluding carboxylic acids is 2. The number of nitrogens with one attached hydrogen (secondary N) is 1. The van der Waals surface area contributed by atoms with Gasteiger partial charge in [-0.05, 0) is 12.8 Å². The molecule has 0 aliphatic heterocycles. The maximum absolute atomic E-state index is 11.4. The summed E-state index contributed by atoms with van der Waals surface area (Å²) in [5.41, 5.74) is 10.7. The van der Waals surface area contributed by atoms with Crippen LogP contribution in [0.2, 0.25) is 0 Å². The van der Waals surface area contributed by atoms with Crippen LogP contribution >= 0.6 is 0 Å². The lowest BCUT2D eigenvalue weighted by Crippen LogP contribution is -2.40. The Labute approximate surface area is 90.6 Å². The molecule has 0 heterocycles. The maximum atomic E-state index is 11.4. The van der Waals surface area contributed by atoms with Crippen molar-refractivity contribution < 1.29 is 9.59 Å². The molecule has 5 nitrogen and oxygen atoms in total. The fourth-order valence-electron chi connectivity index (χ4n) is 1.14. The van der Waals surface area contributed by atoms with Gasteiger partial charge in [-0.1, -0.05) is 13.8 Å². The van der Waals surface area contributed by atoms with E-state index >= 15 is 0 Å². The van der Waals surface area contributed by atoms with Gasteiger partial charge in [0.25, 0.3) is 0 Å². The number of primary amides is 1. The molecule has 0 aliphatic carbocycles. The van der Waals surface area contributed by atoms with Crippen LogP contribution in [0, 0.1) is 5.92 Å². The number of nitrogens with two attached hydrogens (primary N) is 2. The van der Waals surface area contributed by atoms with Crippen LogP contribution in [-0.4, -0.2) is 23.9 Å². The van der Waals surface area contributed by atoms with E-state index in [4.69, 9.17) is 11.5 Å². The van der Waals surface area contributed by atoms with E-state index in [0.29, 0.717) is 0 Å². The average molecular weight is 215 g/mol. The van der Waals surface area contributed by atoms with Crippen LogP contribution in [0.5, 0.6) is 0 Å². The quantitative estimate of drug-likeness (QED) is 0.569. The second kappa shape index (κ2) is 6.40. The third-order valence-electron chi connectivity index (χ3n) is 2.19. The van der Waals surface area contributed by atoms with Crippen LogP contribution < -0.4 is 16.8 Å². The average Bonchev–Trinajstić information content (AvgIpc) is 2.00. The fraction of sp³-hybridized carbons (Fsp3) is 0.800. The minimum atomic E-state index is -0.420. The van der Waals surface area contributed by atoms with Crippen molar-refractivity contribution in [1.29, 1.82) is 0 Å². The molecule has 5 heteroatoms. The highest BCUT2D eigenvalue weighted by Crippen LogP contribution is 2.03. The summed E-state index contributed by atoms with van der Waals surface area (Å²) in [4.78, 5) is 22.0. The molecule has 5 N–H and O–H groups in total. The standard InChI is InChI=1S/C10H21N3O2/c1-6(2)8(11)5-10(15)13-7(3)4-9(12)14/h6-8H,4-5,11H2,1-3H3,(H2,12,14)(H,13,15). The monoisotopic (exact) mass is 215 g/mol. The van der Waals surface area contributed by atoms with Crippen LogP contribution in [0.3, 0.4) is 0 Å². The highest BCUT2D eigenvalue weighted by Gasteiger charge is 2.15. The predicted octanol–water partition coefficient (Wildman–Crippen LogP) is -0.260. The Morgan fingerprint density at radius 2 is 1.73 bits per heavy atom. The van der Waals surface area contributed by atoms with Crippen LogP contribution in [0.4, 0.5) is 0 Å². The fourth-order valence-corrected chi connectivity index (χ4v) is 1.14. The van der Waals surface area contributed by atoms with Gasteiger partial charge in [0.1, 0.15) is 0 Å². The zero-order valence-electron chi connectivity index (χ0n) is 9.62. The zero-order chi connectivity index (χ0) is 12.0. The van der Waals surface area contributed by atoms with Gasteiger partial charge in [0.05, 0.1) is 0 Å². The topological polar surface area (TPSA) is 98.2 Å². The second-order valence-corrected chi connectivity index (χ2v) is 4.25. The van der Waals surface area contributed by atoms with Gasteiger partial charge in [-0.15, -0.1) is 0 Å². The van der Waals surface area contributed by atoms with Crippen LogP contribution in [0.15, 0.2) is 0 Å². The lowest BCUT2D eigenvalue weighted by atomic mass is 10.0.